The van der Waals surface area contributed by atoms with Gasteiger partial charge < -0.3 is 20.7 Å². The van der Waals surface area contributed by atoms with Crippen molar-refractivity contribution in [2.24, 2.45) is 0 Å². The summed E-state index contributed by atoms with van der Waals surface area (Å²) in [6.45, 7) is 9.90. The number of halogens is 2. The van der Waals surface area contributed by atoms with Gasteiger partial charge in [0.1, 0.15) is 29.3 Å². The number of ether oxygens (including phenoxy) is 1. The number of nitrogens with one attached hydrogen (secondary N) is 1. The number of nitrogens with zero attached hydrogens (tertiary/aromatic N) is 9. The van der Waals surface area contributed by atoms with Crippen LogP contribution in [0.1, 0.15) is 48.7 Å². The molecule has 16 heteroatoms. The van der Waals surface area contributed by atoms with Crippen LogP contribution in [0.2, 0.25) is 0 Å². The molecule has 14 nitrogen and oxygen atoms in total. The number of amides is 2. The Bertz CT molecular complexity index is 2640. The highest BCUT2D eigenvalue weighted by Crippen LogP contribution is 2.40. The third-order valence-corrected chi connectivity index (χ3v) is 12.4. The summed E-state index contributed by atoms with van der Waals surface area (Å²) in [5.74, 6) is 1.62. The number of nitrogen functional groups attached to an aromatic ring is 1. The molecule has 0 unspecified atom stereocenters. The van der Waals surface area contributed by atoms with E-state index in [1.807, 2.05) is 77.2 Å². The number of alkyl halides is 2. The van der Waals surface area contributed by atoms with Gasteiger partial charge in [-0.2, -0.15) is 5.10 Å². The van der Waals surface area contributed by atoms with Gasteiger partial charge in [0, 0.05) is 107 Å². The number of piperidine rings is 1. The van der Waals surface area contributed by atoms with E-state index < -0.39 is 6.17 Å². The molecule has 2 saturated heterocycles. The van der Waals surface area contributed by atoms with Gasteiger partial charge >= 0.3 is 6.17 Å². The molecule has 0 radical (unpaired) electrons. The minimum atomic E-state index is -3.25. The first kappa shape index (κ1) is 41.8. The molecule has 326 valence electrons. The molecule has 2 amide bonds. The van der Waals surface area contributed by atoms with Crippen molar-refractivity contribution in [2.45, 2.75) is 51.7 Å². The first-order valence-electron chi connectivity index (χ1n) is 21.7. The molecular formula is C47H52F2N11O3+. The van der Waals surface area contributed by atoms with E-state index >= 15 is 8.78 Å². The SMILES string of the molecule is Cc1cc(C)n2c1C=C1C=CC(CCC(=O)NCCN3CCN(C/C=C/C(=O)N4CCC[C@@H](n5nc(-c6ccc(Oc7ccccc7)cc6)c6c(N)ncnc65)C4)CC3)=[N+]1C2(F)F. The second-order valence-electron chi connectivity index (χ2n) is 16.6. The van der Waals surface area contributed by atoms with E-state index in [2.05, 4.69) is 25.1 Å². The Hall–Kier alpha value is -6.52. The number of hydrogen-bond acceptors (Lipinski definition) is 9. The van der Waals surface area contributed by atoms with Crippen molar-refractivity contribution in [1.82, 2.24) is 44.3 Å². The Labute approximate surface area is 364 Å². The minimum Gasteiger partial charge on any atom is -0.457 e. The summed E-state index contributed by atoms with van der Waals surface area (Å²) < 4.78 is 41.3. The van der Waals surface area contributed by atoms with Gasteiger partial charge in [0.25, 0.3) is 0 Å². The molecule has 4 aliphatic rings. The third kappa shape index (κ3) is 8.65. The topological polar surface area (TPSA) is 143 Å². The fourth-order valence-electron chi connectivity index (χ4n) is 9.13. The summed E-state index contributed by atoms with van der Waals surface area (Å²) >= 11 is 0. The van der Waals surface area contributed by atoms with Crippen LogP contribution in [0.5, 0.6) is 11.5 Å². The maximum atomic E-state index is 15.7. The highest BCUT2D eigenvalue weighted by Gasteiger charge is 2.54. The average molecular weight is 857 g/mol. The van der Waals surface area contributed by atoms with E-state index in [0.717, 1.165) is 65.0 Å². The lowest BCUT2D eigenvalue weighted by atomic mass is 10.1. The molecule has 4 aliphatic heterocycles. The summed E-state index contributed by atoms with van der Waals surface area (Å²) in [5, 5.41) is 8.69. The summed E-state index contributed by atoms with van der Waals surface area (Å²) in [5.41, 5.74) is 11.3. The molecule has 7 heterocycles. The number of aromatic nitrogens is 5. The number of carbonyl (C=O) groups is 2. The first-order chi connectivity index (χ1) is 30.5. The lowest BCUT2D eigenvalue weighted by Gasteiger charge is -2.34. The zero-order valence-electron chi connectivity index (χ0n) is 35.6. The van der Waals surface area contributed by atoms with E-state index in [1.54, 1.807) is 37.3 Å². The number of anilines is 1. The Kier molecular flexibility index (Phi) is 11.7. The molecule has 2 fully saturated rings. The Balaban J connectivity index is 0.725. The maximum Gasteiger partial charge on any atom is 0.565 e. The number of allylic oxidation sites excluding steroid dienone is 2. The molecule has 2 aromatic carbocycles. The van der Waals surface area contributed by atoms with E-state index in [9.17, 15) is 9.59 Å². The van der Waals surface area contributed by atoms with Crippen molar-refractivity contribution in [2.75, 3.05) is 64.6 Å². The highest BCUT2D eigenvalue weighted by atomic mass is 19.3. The number of rotatable bonds is 13. The summed E-state index contributed by atoms with van der Waals surface area (Å²) in [6, 6.07) is 19.0. The number of fused-ring (bicyclic) bond motifs is 3. The van der Waals surface area contributed by atoms with Crippen LogP contribution >= 0.6 is 0 Å². The lowest BCUT2D eigenvalue weighted by Crippen LogP contribution is -2.48. The van der Waals surface area contributed by atoms with E-state index in [0.29, 0.717) is 83.8 Å². The maximum absolute atomic E-state index is 15.7. The van der Waals surface area contributed by atoms with Crippen LogP contribution in [0.25, 0.3) is 28.4 Å². The molecule has 0 aliphatic carbocycles. The van der Waals surface area contributed by atoms with E-state index in [-0.39, 0.29) is 30.7 Å². The largest absolute Gasteiger partial charge is 0.565 e. The molecule has 0 spiro atoms. The highest BCUT2D eigenvalue weighted by molar-refractivity contribution is 5.98. The molecule has 1 atom stereocenters. The number of piperazine rings is 1. The molecule has 0 saturated carbocycles. The monoisotopic (exact) mass is 856 g/mol. The molecular weight excluding hydrogens is 805 g/mol. The summed E-state index contributed by atoms with van der Waals surface area (Å²) in [4.78, 5) is 41.6. The predicted molar refractivity (Wildman–Crippen MR) is 237 cm³/mol. The molecule has 9 rings (SSSR count). The van der Waals surface area contributed by atoms with E-state index in [4.69, 9.17) is 15.6 Å². The van der Waals surface area contributed by atoms with Gasteiger partial charge in [0.2, 0.25) is 17.5 Å². The van der Waals surface area contributed by atoms with Gasteiger partial charge in [-0.3, -0.25) is 19.4 Å². The Morgan fingerprint density at radius 3 is 2.54 bits per heavy atom. The fraction of sp³-hybridized carbons (Fsp3) is 0.362. The van der Waals surface area contributed by atoms with Crippen molar-refractivity contribution < 1.29 is 27.7 Å². The number of nitrogens with two attached hydrogens (primary N) is 1. The lowest BCUT2D eigenvalue weighted by molar-refractivity contribution is -0.674. The quantitative estimate of drug-likeness (QED) is 0.0816. The second kappa shape index (κ2) is 17.7. The van der Waals surface area contributed by atoms with Crippen LogP contribution in [-0.4, -0.2) is 120 Å². The first-order valence-corrected chi connectivity index (χ1v) is 21.7. The summed E-state index contributed by atoms with van der Waals surface area (Å²) in [7, 11) is 0. The molecule has 5 aromatic rings. The van der Waals surface area contributed by atoms with Gasteiger partial charge in [-0.15, -0.1) is 13.4 Å². The third-order valence-electron chi connectivity index (χ3n) is 12.4. The summed E-state index contributed by atoms with van der Waals surface area (Å²) in [6.07, 6.45) is 9.01. The van der Waals surface area contributed by atoms with Crippen LogP contribution in [-0.2, 0) is 15.8 Å². The molecule has 3 aromatic heterocycles. The van der Waals surface area contributed by atoms with Crippen LogP contribution < -0.4 is 15.8 Å². The van der Waals surface area contributed by atoms with E-state index in [1.165, 1.54) is 6.33 Å². The van der Waals surface area contributed by atoms with Gasteiger partial charge in [0.15, 0.2) is 11.4 Å². The molecule has 0 bridgehead atoms. The smallest absolute Gasteiger partial charge is 0.457 e. The van der Waals surface area contributed by atoms with Crippen LogP contribution in [0, 0.1) is 13.8 Å². The predicted octanol–water partition coefficient (Wildman–Crippen LogP) is 6.10. The van der Waals surface area contributed by atoms with Crippen molar-refractivity contribution in [3.05, 3.63) is 114 Å². The van der Waals surface area contributed by atoms with Gasteiger partial charge in [-0.05, 0) is 74.7 Å². The fourth-order valence-corrected chi connectivity index (χ4v) is 9.13. The Morgan fingerprint density at radius 1 is 0.984 bits per heavy atom. The minimum absolute atomic E-state index is 0.0296. The zero-order valence-corrected chi connectivity index (χ0v) is 35.6. The number of para-hydroxylation sites is 1. The van der Waals surface area contributed by atoms with Crippen molar-refractivity contribution in [1.29, 1.82) is 0 Å². The number of hydrogen-bond donors (Lipinski definition) is 2. The normalized spacial score (nSPS) is 18.8. The van der Waals surface area contributed by atoms with Crippen LogP contribution in [0.15, 0.2) is 97.0 Å². The standard InChI is InChI=1S/C47H51F2N11O3/c1-32-28-33(2)58-40(32)29-36-15-14-35(59(36)47(58,48)49)16-19-41(61)51-20-23-56-26-24-55(25-27-56)21-7-11-42(62)57-22-6-8-37(30-57)60-46-43(45(50)52-31-53-46)44(54-60)34-12-17-39(18-13-34)63-38-9-4-3-5-10-38/h3-5,7,9-15,17-18,28-29,31,37H,6,8,16,19-27,30H2,1-2H3,(H2-,50,51,52,53,54,61)/p+1/b11-7+/t37-/m1/s1. The van der Waals surface area contributed by atoms with Crippen LogP contribution in [0.3, 0.4) is 0 Å². The number of benzene rings is 2. The average Bonchev–Trinajstić information content (AvgIpc) is 3.98. The van der Waals surface area contributed by atoms with Crippen LogP contribution in [0.4, 0.5) is 14.6 Å². The zero-order chi connectivity index (χ0) is 43.7. The van der Waals surface area contributed by atoms with Gasteiger partial charge in [0.05, 0.1) is 17.1 Å². The Morgan fingerprint density at radius 2 is 1.75 bits per heavy atom. The van der Waals surface area contributed by atoms with Crippen molar-refractivity contribution in [3.8, 4) is 22.8 Å². The van der Waals surface area contributed by atoms with Gasteiger partial charge in [-0.1, -0.05) is 24.3 Å². The second-order valence-corrected chi connectivity index (χ2v) is 16.6. The number of carbonyl (C=O) groups excluding carboxylic acids is 2. The van der Waals surface area contributed by atoms with Crippen molar-refractivity contribution in [3.63, 3.8) is 0 Å². The number of aryl methyl sites for hydroxylation is 2. The molecule has 63 heavy (non-hydrogen) atoms. The number of likely N-dealkylation sites (tertiary alicyclic amines) is 1. The van der Waals surface area contributed by atoms with Gasteiger partial charge in [-0.25, -0.2) is 19.2 Å². The van der Waals surface area contributed by atoms with Crippen molar-refractivity contribution >= 4 is 40.5 Å². The molecule has 3 N–H and O–H groups in total.